The van der Waals surface area contributed by atoms with Gasteiger partial charge in [-0.1, -0.05) is 0 Å². The molecular weight excluding hydrogens is 459 g/mol. The standard InChI is InChI=1S/C12H16BrIN2O3S/c1-12(2,16-20(3,18)19)7-15-11(17)9-6-8(14)4-5-10(9)13/h4-6,16H,7H2,1-3H3,(H,15,17). The van der Waals surface area contributed by atoms with Crippen LogP contribution in [0.1, 0.15) is 24.2 Å². The van der Waals surface area contributed by atoms with Gasteiger partial charge < -0.3 is 5.32 Å². The molecular formula is C12H16BrIN2O3S. The third kappa shape index (κ3) is 6.06. The Morgan fingerprint density at radius 2 is 2.00 bits per heavy atom. The van der Waals surface area contributed by atoms with Crippen LogP contribution in [-0.2, 0) is 10.0 Å². The van der Waals surface area contributed by atoms with Crippen molar-refractivity contribution in [2.45, 2.75) is 19.4 Å². The molecule has 0 fully saturated rings. The van der Waals surface area contributed by atoms with Crippen molar-refractivity contribution in [1.82, 2.24) is 10.0 Å². The predicted molar refractivity (Wildman–Crippen MR) is 91.3 cm³/mol. The molecule has 1 amide bonds. The number of benzene rings is 1. The maximum Gasteiger partial charge on any atom is 0.252 e. The van der Waals surface area contributed by atoms with Crippen LogP contribution in [0.3, 0.4) is 0 Å². The Morgan fingerprint density at radius 1 is 1.40 bits per heavy atom. The monoisotopic (exact) mass is 474 g/mol. The molecule has 0 atom stereocenters. The molecule has 0 aliphatic heterocycles. The zero-order chi connectivity index (χ0) is 15.6. The van der Waals surface area contributed by atoms with Gasteiger partial charge >= 0.3 is 0 Å². The molecule has 0 aromatic heterocycles. The van der Waals surface area contributed by atoms with Crippen LogP contribution in [0.5, 0.6) is 0 Å². The van der Waals surface area contributed by atoms with E-state index in [2.05, 4.69) is 48.6 Å². The number of carbonyl (C=O) groups excluding carboxylic acids is 1. The van der Waals surface area contributed by atoms with Gasteiger partial charge in [-0.25, -0.2) is 13.1 Å². The Hall–Kier alpha value is -0.190. The Kier molecular flexibility index (Phi) is 6.00. The summed E-state index contributed by atoms with van der Waals surface area (Å²) in [6, 6.07) is 5.45. The largest absolute Gasteiger partial charge is 0.350 e. The van der Waals surface area contributed by atoms with Crippen LogP contribution in [0.25, 0.3) is 0 Å². The summed E-state index contributed by atoms with van der Waals surface area (Å²) in [6.45, 7) is 3.60. The van der Waals surface area contributed by atoms with E-state index in [1.54, 1.807) is 26.0 Å². The summed E-state index contributed by atoms with van der Waals surface area (Å²) in [5.74, 6) is -0.251. The van der Waals surface area contributed by atoms with Crippen LogP contribution >= 0.6 is 38.5 Å². The van der Waals surface area contributed by atoms with Crippen molar-refractivity contribution in [2.24, 2.45) is 0 Å². The first-order chi connectivity index (χ1) is 9.00. The third-order valence-electron chi connectivity index (χ3n) is 2.33. The summed E-state index contributed by atoms with van der Waals surface area (Å²) in [5, 5.41) is 2.73. The van der Waals surface area contributed by atoms with Crippen molar-refractivity contribution in [3.8, 4) is 0 Å². The number of halogens is 2. The van der Waals surface area contributed by atoms with Gasteiger partial charge in [-0.3, -0.25) is 4.79 Å². The van der Waals surface area contributed by atoms with Crippen LogP contribution in [0.15, 0.2) is 22.7 Å². The van der Waals surface area contributed by atoms with E-state index in [1.165, 1.54) is 0 Å². The summed E-state index contributed by atoms with van der Waals surface area (Å²) >= 11 is 5.45. The van der Waals surface area contributed by atoms with E-state index < -0.39 is 15.6 Å². The fraction of sp³-hybridized carbons (Fsp3) is 0.417. The number of amides is 1. The van der Waals surface area contributed by atoms with E-state index >= 15 is 0 Å². The Bertz CT molecular complexity index is 617. The highest BCUT2D eigenvalue weighted by molar-refractivity contribution is 14.1. The summed E-state index contributed by atoms with van der Waals surface area (Å²) in [5.41, 5.74) is -0.232. The third-order valence-corrected chi connectivity index (χ3v) is 4.61. The van der Waals surface area contributed by atoms with E-state index in [1.807, 2.05) is 6.07 Å². The summed E-state index contributed by atoms with van der Waals surface area (Å²) in [6.07, 6.45) is 1.09. The molecule has 8 heteroatoms. The fourth-order valence-electron chi connectivity index (χ4n) is 1.61. The molecule has 2 N–H and O–H groups in total. The van der Waals surface area contributed by atoms with Gasteiger partial charge in [-0.15, -0.1) is 0 Å². The molecule has 112 valence electrons. The van der Waals surface area contributed by atoms with Crippen molar-refractivity contribution >= 4 is 54.5 Å². The molecule has 0 spiro atoms. The fourth-order valence-corrected chi connectivity index (χ4v) is 3.60. The molecule has 1 aromatic rings. The van der Waals surface area contributed by atoms with Crippen LogP contribution in [0, 0.1) is 3.57 Å². The first-order valence-corrected chi connectivity index (χ1v) is 9.49. The first-order valence-electron chi connectivity index (χ1n) is 5.72. The molecule has 0 aliphatic carbocycles. The lowest BCUT2D eigenvalue weighted by atomic mass is 10.1. The van der Waals surface area contributed by atoms with Crippen molar-refractivity contribution in [3.63, 3.8) is 0 Å². The summed E-state index contributed by atoms with van der Waals surface area (Å²) in [4.78, 5) is 12.1. The molecule has 0 unspecified atom stereocenters. The maximum absolute atomic E-state index is 12.1. The van der Waals surface area contributed by atoms with E-state index in [0.29, 0.717) is 10.0 Å². The van der Waals surface area contributed by atoms with Gasteiger partial charge in [0.15, 0.2) is 0 Å². The molecule has 0 saturated heterocycles. The van der Waals surface area contributed by atoms with Crippen LogP contribution in [-0.4, -0.2) is 32.7 Å². The normalized spacial score (nSPS) is 12.2. The lowest BCUT2D eigenvalue weighted by molar-refractivity contribution is 0.0943. The van der Waals surface area contributed by atoms with Gasteiger partial charge in [0.2, 0.25) is 10.0 Å². The highest BCUT2D eigenvalue weighted by atomic mass is 127. The molecule has 0 bridgehead atoms. The van der Waals surface area contributed by atoms with E-state index in [9.17, 15) is 13.2 Å². The Morgan fingerprint density at radius 3 is 2.55 bits per heavy atom. The lowest BCUT2D eigenvalue weighted by Gasteiger charge is -2.25. The molecule has 0 heterocycles. The molecule has 5 nitrogen and oxygen atoms in total. The second kappa shape index (κ2) is 6.71. The summed E-state index contributed by atoms with van der Waals surface area (Å²) < 4.78 is 26.6. The smallest absolute Gasteiger partial charge is 0.252 e. The van der Waals surface area contributed by atoms with E-state index in [4.69, 9.17) is 0 Å². The highest BCUT2D eigenvalue weighted by Crippen LogP contribution is 2.19. The molecule has 0 radical (unpaired) electrons. The van der Waals surface area contributed by atoms with Gasteiger partial charge in [0.1, 0.15) is 0 Å². The SMILES string of the molecule is CC(C)(CNC(=O)c1cc(I)ccc1Br)NS(C)(=O)=O. The number of carbonyl (C=O) groups is 1. The average Bonchev–Trinajstić information content (AvgIpc) is 2.26. The first kappa shape index (κ1) is 17.9. The average molecular weight is 475 g/mol. The van der Waals surface area contributed by atoms with Crippen molar-refractivity contribution in [1.29, 1.82) is 0 Å². The van der Waals surface area contributed by atoms with Crippen molar-refractivity contribution < 1.29 is 13.2 Å². The van der Waals surface area contributed by atoms with Crippen LogP contribution in [0.4, 0.5) is 0 Å². The van der Waals surface area contributed by atoms with Crippen LogP contribution in [0.2, 0.25) is 0 Å². The van der Waals surface area contributed by atoms with Gasteiger partial charge in [-0.2, -0.15) is 0 Å². The minimum absolute atomic E-state index is 0.191. The molecule has 20 heavy (non-hydrogen) atoms. The quantitative estimate of drug-likeness (QED) is 0.642. The van der Waals surface area contributed by atoms with E-state index in [0.717, 1.165) is 9.83 Å². The lowest BCUT2D eigenvalue weighted by Crippen LogP contribution is -2.51. The number of nitrogens with one attached hydrogen (secondary N) is 2. The van der Waals surface area contributed by atoms with Crippen LogP contribution < -0.4 is 10.0 Å². The van der Waals surface area contributed by atoms with Crippen molar-refractivity contribution in [2.75, 3.05) is 12.8 Å². The minimum Gasteiger partial charge on any atom is -0.350 e. The number of sulfonamides is 1. The topological polar surface area (TPSA) is 75.3 Å². The Labute approximate surface area is 141 Å². The molecule has 1 rings (SSSR count). The van der Waals surface area contributed by atoms with Gasteiger partial charge in [0.25, 0.3) is 5.91 Å². The maximum atomic E-state index is 12.1. The van der Waals surface area contributed by atoms with E-state index in [-0.39, 0.29) is 12.5 Å². The van der Waals surface area contributed by atoms with Gasteiger partial charge in [0, 0.05) is 20.1 Å². The van der Waals surface area contributed by atoms with Gasteiger partial charge in [0.05, 0.1) is 11.8 Å². The zero-order valence-electron chi connectivity index (χ0n) is 11.3. The number of hydrogen-bond donors (Lipinski definition) is 2. The summed E-state index contributed by atoms with van der Waals surface area (Å²) in [7, 11) is -3.32. The number of rotatable bonds is 5. The Balaban J connectivity index is 2.75. The molecule has 1 aromatic carbocycles. The minimum atomic E-state index is -3.32. The predicted octanol–water partition coefficient (Wildman–Crippen LogP) is 2.11. The number of hydrogen-bond acceptors (Lipinski definition) is 3. The highest BCUT2D eigenvalue weighted by Gasteiger charge is 2.23. The molecule has 0 saturated carbocycles. The zero-order valence-corrected chi connectivity index (χ0v) is 15.9. The second-order valence-electron chi connectivity index (χ2n) is 5.06. The van der Waals surface area contributed by atoms with Gasteiger partial charge in [-0.05, 0) is 70.6 Å². The molecule has 0 aliphatic rings. The second-order valence-corrected chi connectivity index (χ2v) is 8.91. The van der Waals surface area contributed by atoms with Crippen molar-refractivity contribution in [3.05, 3.63) is 31.8 Å².